The van der Waals surface area contributed by atoms with Crippen molar-refractivity contribution < 1.29 is 26.7 Å². The highest BCUT2D eigenvalue weighted by atomic mass is 19.4. The third-order valence-corrected chi connectivity index (χ3v) is 8.60. The number of rotatable bonds is 14. The molecule has 0 radical (unpaired) electrons. The average molecular weight is 563 g/mol. The summed E-state index contributed by atoms with van der Waals surface area (Å²) in [5.41, 5.74) is 5.49. The van der Waals surface area contributed by atoms with Crippen LogP contribution < -0.4 is 11.1 Å². The van der Waals surface area contributed by atoms with E-state index >= 15 is 8.78 Å². The summed E-state index contributed by atoms with van der Waals surface area (Å²) in [6.45, 7) is 6.35. The minimum atomic E-state index is -4.65. The van der Waals surface area contributed by atoms with Crippen molar-refractivity contribution in [2.24, 2.45) is 40.3 Å². The first kappa shape index (κ1) is 31.3. The molecule has 39 heavy (non-hydrogen) atoms. The molecule has 1 amide bonds. The molecule has 222 valence electrons. The van der Waals surface area contributed by atoms with Gasteiger partial charge in [-0.15, -0.1) is 0 Å². The third kappa shape index (κ3) is 7.91. The van der Waals surface area contributed by atoms with Crippen LogP contribution in [0.25, 0.3) is 0 Å². The lowest BCUT2D eigenvalue weighted by Crippen LogP contribution is -2.59. The lowest BCUT2D eigenvalue weighted by Gasteiger charge is -2.46. The van der Waals surface area contributed by atoms with Gasteiger partial charge in [0.15, 0.2) is 0 Å². The molecular formula is C27H43F5N6O. The molecule has 0 spiro atoms. The molecule has 3 fully saturated rings. The number of nitrogens with zero attached hydrogens (tertiary/aromatic N) is 3. The number of likely N-dealkylation sites (N-methyl/N-ethyl adjacent to an activating group) is 1. The molecule has 3 rings (SSSR count). The van der Waals surface area contributed by atoms with Gasteiger partial charge >= 0.3 is 6.18 Å². The monoisotopic (exact) mass is 562 g/mol. The van der Waals surface area contributed by atoms with Crippen LogP contribution in [0, 0.1) is 35.0 Å². The van der Waals surface area contributed by atoms with Crippen LogP contribution in [0.3, 0.4) is 0 Å². The molecule has 7 nitrogen and oxygen atoms in total. The predicted molar refractivity (Wildman–Crippen MR) is 141 cm³/mol. The van der Waals surface area contributed by atoms with Crippen molar-refractivity contribution in [3.05, 3.63) is 12.4 Å². The van der Waals surface area contributed by atoms with Crippen LogP contribution >= 0.6 is 0 Å². The van der Waals surface area contributed by atoms with Gasteiger partial charge in [0.1, 0.15) is 12.0 Å². The molecule has 5 atom stereocenters. The second-order valence-electron chi connectivity index (χ2n) is 11.5. The Morgan fingerprint density at radius 2 is 1.77 bits per heavy atom. The number of hydrogen-bond donors (Lipinski definition) is 3. The average Bonchev–Trinajstić information content (AvgIpc) is 3.67. The topological polar surface area (TPSA) is 97.8 Å². The first-order valence-electron chi connectivity index (χ1n) is 13.9. The zero-order valence-corrected chi connectivity index (χ0v) is 22.9. The van der Waals surface area contributed by atoms with Crippen LogP contribution in [0.2, 0.25) is 0 Å². The van der Waals surface area contributed by atoms with E-state index in [0.29, 0.717) is 38.8 Å². The highest BCUT2D eigenvalue weighted by Crippen LogP contribution is 2.53. The standard InChI is InChI=1S/C27H43F5N6O/c1-17(24(37(3)16-34)36-18(2)35-11-5-10-33)38(15-19-8-9-19)25(39)20-12-22(14-23(13-20)27(30,31)32)26(28,29)21-6-4-7-21/h11,16-17,19-24,34,36H,2,4-10,12-15,33H2,1,3H3/b34-16?,35-11-. The molecule has 3 aliphatic carbocycles. The van der Waals surface area contributed by atoms with Gasteiger partial charge in [0.05, 0.1) is 18.3 Å². The quantitative estimate of drug-likeness (QED) is 0.120. The molecule has 5 unspecified atom stereocenters. The molecule has 0 heterocycles. The SMILES string of the molecule is C=C(/N=C\CCN)NC(C(C)N(CC1CC1)C(=O)C1CC(C(F)(F)F)CC(C(F)(F)C2CCC2)C1)N(C)C=N. The summed E-state index contributed by atoms with van der Waals surface area (Å²) in [5.74, 6) is -8.75. The van der Waals surface area contributed by atoms with Crippen molar-refractivity contribution in [3.63, 3.8) is 0 Å². The Hall–Kier alpha value is -2.24. The summed E-state index contributed by atoms with van der Waals surface area (Å²) in [7, 11) is 1.63. The molecule has 0 aromatic carbocycles. The van der Waals surface area contributed by atoms with E-state index in [2.05, 4.69) is 16.9 Å². The summed E-state index contributed by atoms with van der Waals surface area (Å²) in [6.07, 6.45) is -0.441. The fourth-order valence-corrected chi connectivity index (χ4v) is 5.77. The number of nitrogens with one attached hydrogen (secondary N) is 2. The molecule has 0 saturated heterocycles. The van der Waals surface area contributed by atoms with Gasteiger partial charge in [-0.2, -0.15) is 13.2 Å². The molecular weight excluding hydrogens is 519 g/mol. The largest absolute Gasteiger partial charge is 0.391 e. The van der Waals surface area contributed by atoms with Gasteiger partial charge in [-0.25, -0.2) is 13.8 Å². The Balaban J connectivity index is 1.86. The Bertz CT molecular complexity index is 888. The molecule has 4 N–H and O–H groups in total. The van der Waals surface area contributed by atoms with Gasteiger partial charge in [0, 0.05) is 37.6 Å². The van der Waals surface area contributed by atoms with Crippen LogP contribution in [-0.4, -0.2) is 72.7 Å². The van der Waals surface area contributed by atoms with Crippen molar-refractivity contribution in [2.75, 3.05) is 20.1 Å². The number of halogens is 5. The number of aliphatic imine (C=N–C) groups is 1. The highest BCUT2D eigenvalue weighted by molar-refractivity contribution is 5.79. The number of alkyl halides is 5. The number of amides is 1. The fourth-order valence-electron chi connectivity index (χ4n) is 5.77. The van der Waals surface area contributed by atoms with E-state index in [4.69, 9.17) is 11.1 Å². The molecule has 3 aliphatic rings. The predicted octanol–water partition coefficient (Wildman–Crippen LogP) is 4.99. The number of carbonyl (C=O) groups excluding carboxylic acids is 1. The van der Waals surface area contributed by atoms with E-state index in [1.165, 1.54) is 9.80 Å². The molecule has 0 aliphatic heterocycles. The smallest absolute Gasteiger partial charge is 0.349 e. The second kappa shape index (κ2) is 13.0. The number of hydrogen-bond acceptors (Lipinski definition) is 5. The van der Waals surface area contributed by atoms with E-state index in [0.717, 1.165) is 19.2 Å². The zero-order chi connectivity index (χ0) is 29.0. The maximum atomic E-state index is 15.3. The number of nitrogens with two attached hydrogens (primary N) is 1. The van der Waals surface area contributed by atoms with Crippen molar-refractivity contribution in [1.29, 1.82) is 5.41 Å². The van der Waals surface area contributed by atoms with Gasteiger partial charge in [0.25, 0.3) is 5.92 Å². The van der Waals surface area contributed by atoms with Crippen LogP contribution in [-0.2, 0) is 4.79 Å². The first-order valence-corrected chi connectivity index (χ1v) is 13.9. The van der Waals surface area contributed by atoms with Gasteiger partial charge in [-0.3, -0.25) is 10.2 Å². The summed E-state index contributed by atoms with van der Waals surface area (Å²) in [6, 6.07) is -0.608. The Kier molecular flexibility index (Phi) is 10.4. The Morgan fingerprint density at radius 3 is 2.28 bits per heavy atom. The molecule has 0 bridgehead atoms. The van der Waals surface area contributed by atoms with Crippen LogP contribution in [0.15, 0.2) is 17.4 Å². The van der Waals surface area contributed by atoms with Gasteiger partial charge in [0.2, 0.25) is 5.91 Å². The van der Waals surface area contributed by atoms with E-state index in [-0.39, 0.29) is 18.2 Å². The van der Waals surface area contributed by atoms with E-state index in [1.807, 2.05) is 0 Å². The summed E-state index contributed by atoms with van der Waals surface area (Å²) in [4.78, 5) is 21.2. The molecule has 12 heteroatoms. The Morgan fingerprint density at radius 1 is 1.13 bits per heavy atom. The molecule has 0 aromatic rings. The number of carbonyl (C=O) groups is 1. The van der Waals surface area contributed by atoms with E-state index < -0.39 is 66.7 Å². The zero-order valence-electron chi connectivity index (χ0n) is 22.9. The highest BCUT2D eigenvalue weighted by Gasteiger charge is 2.56. The lowest BCUT2D eigenvalue weighted by molar-refractivity contribution is -0.214. The summed E-state index contributed by atoms with van der Waals surface area (Å²) in [5, 5.41) is 10.9. The molecule has 0 aromatic heterocycles. The second-order valence-corrected chi connectivity index (χ2v) is 11.5. The first-order chi connectivity index (χ1) is 18.3. The van der Waals surface area contributed by atoms with Crippen molar-refractivity contribution in [3.8, 4) is 0 Å². The lowest BCUT2D eigenvalue weighted by atomic mass is 9.66. The van der Waals surface area contributed by atoms with Gasteiger partial charge in [-0.05, 0) is 70.8 Å². The molecule has 3 saturated carbocycles. The minimum absolute atomic E-state index is 0.210. The van der Waals surface area contributed by atoms with E-state index in [1.54, 1.807) is 20.2 Å². The van der Waals surface area contributed by atoms with Gasteiger partial charge < -0.3 is 20.9 Å². The van der Waals surface area contributed by atoms with Gasteiger partial charge in [-0.1, -0.05) is 13.0 Å². The minimum Gasteiger partial charge on any atom is -0.349 e. The van der Waals surface area contributed by atoms with Crippen molar-refractivity contribution in [1.82, 2.24) is 15.1 Å². The normalized spacial score (nSPS) is 26.0. The van der Waals surface area contributed by atoms with Crippen LogP contribution in [0.1, 0.15) is 64.7 Å². The van der Waals surface area contributed by atoms with Crippen LogP contribution in [0.4, 0.5) is 22.0 Å². The van der Waals surface area contributed by atoms with E-state index in [9.17, 15) is 18.0 Å². The Labute approximate surface area is 227 Å². The third-order valence-electron chi connectivity index (χ3n) is 8.60. The maximum Gasteiger partial charge on any atom is 0.391 e. The fraction of sp³-hybridized carbons (Fsp3) is 0.815. The van der Waals surface area contributed by atoms with Crippen molar-refractivity contribution in [2.45, 2.75) is 89.0 Å². The summed E-state index contributed by atoms with van der Waals surface area (Å²) >= 11 is 0. The maximum absolute atomic E-state index is 15.3. The summed E-state index contributed by atoms with van der Waals surface area (Å²) < 4.78 is 72.4. The van der Waals surface area contributed by atoms with Crippen molar-refractivity contribution >= 4 is 18.5 Å². The van der Waals surface area contributed by atoms with Crippen LogP contribution in [0.5, 0.6) is 0 Å².